The van der Waals surface area contributed by atoms with E-state index in [-0.39, 0.29) is 24.5 Å². The molecule has 10 heteroatoms. The van der Waals surface area contributed by atoms with Crippen molar-refractivity contribution in [3.05, 3.63) is 59.9 Å². The average molecular weight is 446 g/mol. The Morgan fingerprint density at radius 1 is 1.27 bits per heavy atom. The van der Waals surface area contributed by atoms with Gasteiger partial charge in [0.1, 0.15) is 17.3 Å². The van der Waals surface area contributed by atoms with Crippen LogP contribution < -0.4 is 4.90 Å². The fourth-order valence-corrected chi connectivity index (χ4v) is 5.17. The lowest BCUT2D eigenvalue weighted by Crippen LogP contribution is -2.25. The van der Waals surface area contributed by atoms with E-state index in [0.29, 0.717) is 42.1 Å². The molecule has 9 nitrogen and oxygen atoms in total. The molecule has 3 atom stereocenters. The highest BCUT2D eigenvalue weighted by atomic mass is 19.1. The first-order chi connectivity index (χ1) is 16.1. The Hall–Kier alpha value is -3.84. The summed E-state index contributed by atoms with van der Waals surface area (Å²) in [6, 6.07) is 10.6. The number of anilines is 1. The number of pyridine rings is 1. The van der Waals surface area contributed by atoms with Crippen LogP contribution in [0.2, 0.25) is 0 Å². The van der Waals surface area contributed by atoms with Gasteiger partial charge in [-0.05, 0) is 24.3 Å². The van der Waals surface area contributed by atoms with E-state index in [0.717, 1.165) is 5.69 Å². The van der Waals surface area contributed by atoms with E-state index >= 15 is 4.39 Å². The van der Waals surface area contributed by atoms with Crippen LogP contribution in [0.1, 0.15) is 11.4 Å². The lowest BCUT2D eigenvalue weighted by atomic mass is 9.90. The van der Waals surface area contributed by atoms with Gasteiger partial charge < -0.3 is 9.47 Å². The lowest BCUT2D eigenvalue weighted by molar-refractivity contribution is 0.141. The largest absolute Gasteiger partial charge is 0.444 e. The van der Waals surface area contributed by atoms with Crippen molar-refractivity contribution in [3.8, 4) is 17.2 Å². The van der Waals surface area contributed by atoms with Crippen molar-refractivity contribution >= 4 is 11.8 Å². The number of halogens is 1. The van der Waals surface area contributed by atoms with E-state index in [2.05, 4.69) is 26.5 Å². The van der Waals surface area contributed by atoms with E-state index in [1.807, 2.05) is 0 Å². The van der Waals surface area contributed by atoms with Crippen LogP contribution in [-0.4, -0.2) is 52.4 Å². The molecule has 0 bridgehead atoms. The third-order valence-corrected chi connectivity index (χ3v) is 6.87. The van der Waals surface area contributed by atoms with Crippen molar-refractivity contribution < 1.29 is 18.7 Å². The number of nitrogens with one attached hydrogen (secondary N) is 1. The lowest BCUT2D eigenvalue weighted by Gasteiger charge is -2.18. The van der Waals surface area contributed by atoms with Crippen molar-refractivity contribution in [2.45, 2.75) is 17.9 Å². The zero-order valence-corrected chi connectivity index (χ0v) is 17.4. The minimum absolute atomic E-state index is 0.0832. The van der Waals surface area contributed by atoms with E-state index in [4.69, 9.17) is 9.47 Å². The molecule has 6 rings (SSSR count). The van der Waals surface area contributed by atoms with E-state index in [1.54, 1.807) is 36.7 Å². The van der Waals surface area contributed by atoms with Crippen molar-refractivity contribution in [2.75, 3.05) is 24.7 Å². The topological polar surface area (TPSA) is 117 Å². The van der Waals surface area contributed by atoms with E-state index in [9.17, 15) is 10.1 Å². The number of rotatable bonds is 5. The number of aromatic amines is 1. The third-order valence-electron chi connectivity index (χ3n) is 6.87. The predicted molar refractivity (Wildman–Crippen MR) is 112 cm³/mol. The van der Waals surface area contributed by atoms with Crippen LogP contribution in [0.25, 0.3) is 11.1 Å². The van der Waals surface area contributed by atoms with Gasteiger partial charge in [-0.3, -0.25) is 15.0 Å². The summed E-state index contributed by atoms with van der Waals surface area (Å²) in [5.74, 6) is -0.328. The smallest absolute Gasteiger partial charge is 0.414 e. The summed E-state index contributed by atoms with van der Waals surface area (Å²) in [4.78, 5) is 18.3. The van der Waals surface area contributed by atoms with Gasteiger partial charge in [0, 0.05) is 35.6 Å². The highest BCUT2D eigenvalue weighted by Crippen LogP contribution is 2.63. The molecule has 2 aliphatic heterocycles. The van der Waals surface area contributed by atoms with Crippen LogP contribution in [0.4, 0.5) is 14.9 Å². The van der Waals surface area contributed by atoms with E-state index in [1.165, 1.54) is 11.0 Å². The van der Waals surface area contributed by atoms with Gasteiger partial charge in [-0.15, -0.1) is 5.10 Å². The van der Waals surface area contributed by atoms with Crippen LogP contribution in [0.5, 0.6) is 0 Å². The predicted octanol–water partition coefficient (Wildman–Crippen LogP) is 2.61. The highest BCUT2D eigenvalue weighted by molar-refractivity contribution is 5.90. The normalized spacial score (nSPS) is 27.8. The maximum atomic E-state index is 15.4. The summed E-state index contributed by atoms with van der Waals surface area (Å²) in [6.07, 6.45) is 2.73. The number of hydrogen-bond acceptors (Lipinski definition) is 7. The summed E-state index contributed by atoms with van der Waals surface area (Å²) >= 11 is 0. The van der Waals surface area contributed by atoms with Crippen molar-refractivity contribution in [2.24, 2.45) is 11.8 Å². The van der Waals surface area contributed by atoms with Gasteiger partial charge in [0.2, 0.25) is 0 Å². The van der Waals surface area contributed by atoms with Crippen LogP contribution in [0.15, 0.2) is 42.7 Å². The van der Waals surface area contributed by atoms with Crippen LogP contribution >= 0.6 is 0 Å². The number of amides is 1. The molecular weight excluding hydrogens is 427 g/mol. The molecule has 3 fully saturated rings. The molecule has 1 amide bonds. The molecule has 3 aliphatic rings. The number of cyclic esters (lactones) is 1. The zero-order chi connectivity index (χ0) is 22.6. The second-order valence-corrected chi connectivity index (χ2v) is 8.60. The number of hydrogen-bond donors (Lipinski definition) is 1. The quantitative estimate of drug-likeness (QED) is 0.640. The monoisotopic (exact) mass is 446 g/mol. The molecule has 2 aromatic heterocycles. The van der Waals surface area contributed by atoms with Gasteiger partial charge in [-0.25, -0.2) is 9.18 Å². The molecule has 166 valence electrons. The van der Waals surface area contributed by atoms with Gasteiger partial charge >= 0.3 is 6.09 Å². The number of nitriles is 1. The fraction of sp³-hybridized carbons (Fsp3) is 0.348. The van der Waals surface area contributed by atoms with Crippen LogP contribution in [0.3, 0.4) is 0 Å². The summed E-state index contributed by atoms with van der Waals surface area (Å²) in [7, 11) is 0. The number of nitrogens with zero attached hydrogens (tertiary/aromatic N) is 5. The second-order valence-electron chi connectivity index (χ2n) is 8.60. The number of carbonyl (C=O) groups excluding carboxylic acids is 1. The SMILES string of the molecule is N#CC1(c2ncccc2-c2ccc(N3C[C@@H](Cc4cnn[nH]4)OC3=O)cc2F)C2COCC21. The zero-order valence-electron chi connectivity index (χ0n) is 17.4. The number of H-pyrrole nitrogens is 1. The summed E-state index contributed by atoms with van der Waals surface area (Å²) in [5, 5.41) is 20.1. The summed E-state index contributed by atoms with van der Waals surface area (Å²) < 4.78 is 26.2. The molecule has 3 aromatic rings. The Morgan fingerprint density at radius 2 is 2.12 bits per heavy atom. The van der Waals surface area contributed by atoms with Gasteiger partial charge in [0.15, 0.2) is 0 Å². The molecule has 2 unspecified atom stereocenters. The van der Waals surface area contributed by atoms with Gasteiger partial charge in [-0.2, -0.15) is 5.26 Å². The molecule has 0 radical (unpaired) electrons. The van der Waals surface area contributed by atoms with Gasteiger partial charge in [0.25, 0.3) is 0 Å². The standard InChI is InChI=1S/C23H19FN6O3/c24-20-7-14(30-9-15(33-22(30)31)6-13-8-27-29-28-13)3-4-16(20)17-2-1-5-26-21(17)23(12-25)18-10-32-11-19(18)23/h1-5,7-8,15,18-19H,6,9-11H2,(H,27,28,29)/t15-,18?,19?,23?/m1/s1. The second kappa shape index (κ2) is 7.35. The Bertz CT molecular complexity index is 1260. The van der Waals surface area contributed by atoms with Crippen molar-refractivity contribution in [3.63, 3.8) is 0 Å². The Morgan fingerprint density at radius 3 is 2.85 bits per heavy atom. The summed E-state index contributed by atoms with van der Waals surface area (Å²) in [5.41, 5.74) is 1.94. The molecular formula is C23H19FN6O3. The van der Waals surface area contributed by atoms with E-state index < -0.39 is 17.3 Å². The minimum Gasteiger partial charge on any atom is -0.444 e. The third kappa shape index (κ3) is 3.00. The Kier molecular flexibility index (Phi) is 4.41. The van der Waals surface area contributed by atoms with Crippen molar-refractivity contribution in [1.82, 2.24) is 20.4 Å². The first-order valence-electron chi connectivity index (χ1n) is 10.7. The molecule has 1 saturated carbocycles. The van der Waals surface area contributed by atoms with Crippen LogP contribution in [0, 0.1) is 29.0 Å². The molecule has 0 spiro atoms. The Balaban J connectivity index is 1.29. The maximum absolute atomic E-state index is 15.4. The first-order valence-corrected chi connectivity index (χ1v) is 10.7. The maximum Gasteiger partial charge on any atom is 0.414 e. The molecule has 1 N–H and O–H groups in total. The summed E-state index contributed by atoms with van der Waals surface area (Å²) in [6.45, 7) is 1.32. The first kappa shape index (κ1) is 19.8. The number of carbonyl (C=O) groups is 1. The van der Waals surface area contributed by atoms with Gasteiger partial charge in [-0.1, -0.05) is 11.3 Å². The fourth-order valence-electron chi connectivity index (χ4n) is 5.17. The molecule has 1 aliphatic carbocycles. The van der Waals surface area contributed by atoms with Crippen molar-refractivity contribution in [1.29, 1.82) is 5.26 Å². The average Bonchev–Trinajstić information content (AvgIpc) is 3.35. The molecule has 4 heterocycles. The Labute approximate surface area is 188 Å². The minimum atomic E-state index is -0.743. The number of fused-ring (bicyclic) bond motifs is 1. The number of aromatic nitrogens is 4. The molecule has 1 aromatic carbocycles. The van der Waals surface area contributed by atoms with Crippen LogP contribution in [-0.2, 0) is 21.3 Å². The molecule has 33 heavy (non-hydrogen) atoms. The number of benzene rings is 1. The van der Waals surface area contributed by atoms with Gasteiger partial charge in [0.05, 0.1) is 49.1 Å². The number of ether oxygens (including phenoxy) is 2. The highest BCUT2D eigenvalue weighted by Gasteiger charge is 2.70. The molecule has 2 saturated heterocycles.